The van der Waals surface area contributed by atoms with E-state index >= 15 is 0 Å². The van der Waals surface area contributed by atoms with Crippen molar-refractivity contribution in [3.05, 3.63) is 24.0 Å². The van der Waals surface area contributed by atoms with Gasteiger partial charge in [-0.2, -0.15) is 0 Å². The average molecular weight is 312 g/mol. The Morgan fingerprint density at radius 2 is 1.78 bits per heavy atom. The van der Waals surface area contributed by atoms with Crippen LogP contribution in [0.25, 0.3) is 11.0 Å². The van der Waals surface area contributed by atoms with E-state index in [2.05, 4.69) is 57.4 Å². The molecule has 1 saturated heterocycles. The van der Waals surface area contributed by atoms with Gasteiger partial charge in [-0.25, -0.2) is 4.98 Å². The fourth-order valence-electron chi connectivity index (χ4n) is 3.46. The summed E-state index contributed by atoms with van der Waals surface area (Å²) in [5.41, 5.74) is 2.73. The topological polar surface area (TPSA) is 36.3 Å². The van der Waals surface area contributed by atoms with Crippen molar-refractivity contribution in [1.82, 2.24) is 9.55 Å². The van der Waals surface area contributed by atoms with Crippen molar-refractivity contribution >= 4 is 23.6 Å². The summed E-state index contributed by atoms with van der Waals surface area (Å²) in [5.74, 6) is 1.11. The molecule has 0 bridgehead atoms. The number of benzene rings is 1. The summed E-state index contributed by atoms with van der Waals surface area (Å²) in [6.45, 7) is 10.5. The fraction of sp³-hybridized carbons (Fsp3) is 0.611. The molecule has 2 aromatic rings. The molecule has 1 aromatic carbocycles. The lowest BCUT2D eigenvalue weighted by Crippen LogP contribution is -2.41. The summed E-state index contributed by atoms with van der Waals surface area (Å²) in [5, 5.41) is 0. The highest BCUT2D eigenvalue weighted by molar-refractivity contribution is 6.62. The summed E-state index contributed by atoms with van der Waals surface area (Å²) in [6.07, 6.45) is 3.83. The molecular weight excluding hydrogens is 287 g/mol. The Bertz CT molecular complexity index is 746. The van der Waals surface area contributed by atoms with Crippen molar-refractivity contribution in [3.8, 4) is 0 Å². The van der Waals surface area contributed by atoms with Gasteiger partial charge in [0.1, 0.15) is 5.82 Å². The molecule has 1 aliphatic heterocycles. The van der Waals surface area contributed by atoms with E-state index in [4.69, 9.17) is 14.3 Å². The molecule has 122 valence electrons. The van der Waals surface area contributed by atoms with Gasteiger partial charge in [-0.3, -0.25) is 0 Å². The van der Waals surface area contributed by atoms with Gasteiger partial charge in [-0.15, -0.1) is 0 Å². The third-order valence-corrected chi connectivity index (χ3v) is 5.86. The Labute approximate surface area is 138 Å². The van der Waals surface area contributed by atoms with Crippen LogP contribution in [-0.2, 0) is 9.31 Å². The van der Waals surface area contributed by atoms with Crippen LogP contribution in [0.15, 0.2) is 18.2 Å². The number of fused-ring (bicyclic) bond motifs is 1. The maximum absolute atomic E-state index is 6.19. The lowest BCUT2D eigenvalue weighted by Gasteiger charge is -2.32. The van der Waals surface area contributed by atoms with Gasteiger partial charge >= 0.3 is 7.12 Å². The SMILES string of the molecule is Cc1nc2ccc(B3OC(C)(C)C(C)(C)O3)cc2n1C1CCC1. The van der Waals surface area contributed by atoms with Gasteiger partial charge in [0.05, 0.1) is 22.2 Å². The van der Waals surface area contributed by atoms with Gasteiger partial charge in [0.25, 0.3) is 0 Å². The molecule has 1 saturated carbocycles. The van der Waals surface area contributed by atoms with Crippen LogP contribution in [0, 0.1) is 6.92 Å². The molecule has 23 heavy (non-hydrogen) atoms. The first-order valence-electron chi connectivity index (χ1n) is 8.63. The average Bonchev–Trinajstić information content (AvgIpc) is 2.82. The molecular formula is C18H25BN2O2. The third-order valence-electron chi connectivity index (χ3n) is 5.86. The van der Waals surface area contributed by atoms with Crippen molar-refractivity contribution in [3.63, 3.8) is 0 Å². The zero-order chi connectivity index (χ0) is 16.4. The van der Waals surface area contributed by atoms with Gasteiger partial charge in [-0.05, 0) is 71.5 Å². The van der Waals surface area contributed by atoms with E-state index in [1.165, 1.54) is 24.8 Å². The summed E-state index contributed by atoms with van der Waals surface area (Å²) in [4.78, 5) is 4.72. The largest absolute Gasteiger partial charge is 0.494 e. The van der Waals surface area contributed by atoms with Crippen molar-refractivity contribution in [2.45, 2.75) is 71.1 Å². The minimum Gasteiger partial charge on any atom is -0.399 e. The van der Waals surface area contributed by atoms with E-state index in [1.54, 1.807) is 0 Å². The van der Waals surface area contributed by atoms with E-state index in [9.17, 15) is 0 Å². The second-order valence-corrected chi connectivity index (χ2v) is 7.95. The molecule has 2 fully saturated rings. The molecule has 0 spiro atoms. The van der Waals surface area contributed by atoms with Gasteiger partial charge in [0.2, 0.25) is 0 Å². The van der Waals surface area contributed by atoms with Crippen molar-refractivity contribution in [2.24, 2.45) is 0 Å². The van der Waals surface area contributed by atoms with E-state index in [1.807, 2.05) is 0 Å². The minimum absolute atomic E-state index is 0.309. The number of imidazole rings is 1. The summed E-state index contributed by atoms with van der Waals surface area (Å²) < 4.78 is 14.8. The second kappa shape index (κ2) is 4.84. The lowest BCUT2D eigenvalue weighted by molar-refractivity contribution is 0.00578. The van der Waals surface area contributed by atoms with Crippen molar-refractivity contribution < 1.29 is 9.31 Å². The zero-order valence-corrected chi connectivity index (χ0v) is 14.7. The summed E-state index contributed by atoms with van der Waals surface area (Å²) in [6, 6.07) is 6.99. The van der Waals surface area contributed by atoms with Gasteiger partial charge in [0.15, 0.2) is 0 Å². The normalized spacial score (nSPS) is 23.4. The number of nitrogens with zero attached hydrogens (tertiary/aromatic N) is 2. The van der Waals surface area contributed by atoms with Crippen LogP contribution >= 0.6 is 0 Å². The molecule has 0 N–H and O–H groups in total. The maximum atomic E-state index is 6.19. The first-order chi connectivity index (χ1) is 10.8. The smallest absolute Gasteiger partial charge is 0.399 e. The third kappa shape index (κ3) is 2.24. The number of hydrogen-bond acceptors (Lipinski definition) is 3. The standard InChI is InChI=1S/C18H25BN2O2/c1-12-20-15-10-9-13(11-16(15)21(12)14-7-6-8-14)19-22-17(2,3)18(4,5)23-19/h9-11,14H,6-8H2,1-5H3. The molecule has 0 atom stereocenters. The second-order valence-electron chi connectivity index (χ2n) is 7.95. The van der Waals surface area contributed by atoms with E-state index in [0.29, 0.717) is 6.04 Å². The van der Waals surface area contributed by atoms with E-state index in [0.717, 1.165) is 16.8 Å². The van der Waals surface area contributed by atoms with Crippen LogP contribution in [0.5, 0.6) is 0 Å². The molecule has 0 unspecified atom stereocenters. The minimum atomic E-state index is -0.311. The summed E-state index contributed by atoms with van der Waals surface area (Å²) in [7, 11) is -0.311. The molecule has 2 heterocycles. The van der Waals surface area contributed by atoms with Gasteiger partial charge in [-0.1, -0.05) is 6.07 Å². The highest BCUT2D eigenvalue weighted by Gasteiger charge is 2.51. The molecule has 1 aliphatic carbocycles. The molecule has 4 nitrogen and oxygen atoms in total. The zero-order valence-electron chi connectivity index (χ0n) is 14.7. The Balaban J connectivity index is 1.75. The fourth-order valence-corrected chi connectivity index (χ4v) is 3.46. The van der Waals surface area contributed by atoms with E-state index in [-0.39, 0.29) is 18.3 Å². The number of hydrogen-bond donors (Lipinski definition) is 0. The highest BCUT2D eigenvalue weighted by atomic mass is 16.7. The Hall–Kier alpha value is -1.33. The molecule has 2 aliphatic rings. The van der Waals surface area contributed by atoms with Crippen LogP contribution < -0.4 is 5.46 Å². The number of aryl methyl sites for hydroxylation is 1. The first kappa shape index (κ1) is 15.2. The molecule has 1 aromatic heterocycles. The molecule has 4 rings (SSSR count). The Kier molecular flexibility index (Phi) is 3.20. The number of aromatic nitrogens is 2. The predicted octanol–water partition coefficient (Wildman–Crippen LogP) is 3.37. The van der Waals surface area contributed by atoms with Crippen LogP contribution in [0.3, 0.4) is 0 Å². The first-order valence-corrected chi connectivity index (χ1v) is 8.63. The molecule has 5 heteroatoms. The van der Waals surface area contributed by atoms with Gasteiger partial charge < -0.3 is 13.9 Å². The highest BCUT2D eigenvalue weighted by Crippen LogP contribution is 2.37. The van der Waals surface area contributed by atoms with Crippen LogP contribution in [0.2, 0.25) is 0 Å². The van der Waals surface area contributed by atoms with Crippen molar-refractivity contribution in [2.75, 3.05) is 0 Å². The van der Waals surface area contributed by atoms with Crippen molar-refractivity contribution in [1.29, 1.82) is 0 Å². The number of rotatable bonds is 2. The van der Waals surface area contributed by atoms with Crippen LogP contribution in [-0.4, -0.2) is 27.9 Å². The van der Waals surface area contributed by atoms with Crippen LogP contribution in [0.1, 0.15) is 58.8 Å². The quantitative estimate of drug-likeness (QED) is 0.798. The Morgan fingerprint density at radius 1 is 1.13 bits per heavy atom. The molecule has 0 radical (unpaired) electrons. The monoisotopic (exact) mass is 312 g/mol. The Morgan fingerprint density at radius 3 is 2.35 bits per heavy atom. The molecule has 0 amide bonds. The maximum Gasteiger partial charge on any atom is 0.494 e. The van der Waals surface area contributed by atoms with Crippen LogP contribution in [0.4, 0.5) is 0 Å². The van der Waals surface area contributed by atoms with E-state index < -0.39 is 0 Å². The summed E-state index contributed by atoms with van der Waals surface area (Å²) >= 11 is 0. The predicted molar refractivity (Wildman–Crippen MR) is 93.1 cm³/mol. The lowest BCUT2D eigenvalue weighted by atomic mass is 9.79. The van der Waals surface area contributed by atoms with Gasteiger partial charge in [0, 0.05) is 6.04 Å².